The summed E-state index contributed by atoms with van der Waals surface area (Å²) in [6.45, 7) is 6.13. The van der Waals surface area contributed by atoms with E-state index in [-0.39, 0.29) is 11.3 Å². The van der Waals surface area contributed by atoms with Crippen LogP contribution in [0.15, 0.2) is 30.6 Å². The minimum atomic E-state index is -2.91. The highest BCUT2D eigenvalue weighted by Crippen LogP contribution is 2.38. The van der Waals surface area contributed by atoms with Gasteiger partial charge in [-0.15, -0.1) is 0 Å². The number of benzene rings is 1. The second-order valence-corrected chi connectivity index (χ2v) is 14.3. The van der Waals surface area contributed by atoms with Crippen molar-refractivity contribution in [3.8, 4) is 0 Å². The van der Waals surface area contributed by atoms with Gasteiger partial charge in [0.05, 0.1) is 11.3 Å². The van der Waals surface area contributed by atoms with E-state index in [2.05, 4.69) is 25.2 Å². The monoisotopic (exact) mass is 577 g/mol. The zero-order chi connectivity index (χ0) is 26.6. The molecule has 12 heteroatoms. The van der Waals surface area contributed by atoms with Crippen LogP contribution >= 0.6 is 23.2 Å². The Labute approximate surface area is 233 Å². The molecule has 4 heterocycles. The second-order valence-electron chi connectivity index (χ2n) is 11.1. The van der Waals surface area contributed by atoms with Gasteiger partial charge in [0, 0.05) is 48.0 Å². The minimum Gasteiger partial charge on any atom is -0.363 e. The Hall–Kier alpha value is -2.14. The molecule has 0 radical (unpaired) electrons. The average Bonchev–Trinajstić information content (AvgIpc) is 3.25. The van der Waals surface area contributed by atoms with Crippen LogP contribution in [0.25, 0.3) is 5.78 Å². The number of sulfone groups is 1. The molecule has 2 aliphatic heterocycles. The number of aromatic nitrogens is 4. The van der Waals surface area contributed by atoms with Crippen LogP contribution in [0.3, 0.4) is 0 Å². The van der Waals surface area contributed by atoms with Crippen LogP contribution in [0.2, 0.25) is 10.0 Å². The zero-order valence-corrected chi connectivity index (χ0v) is 23.9. The molecule has 1 aliphatic carbocycles. The lowest BCUT2D eigenvalue weighted by molar-refractivity contribution is 0.0533. The van der Waals surface area contributed by atoms with E-state index in [1.54, 1.807) is 10.6 Å². The number of nitrogens with one attached hydrogen (secondary N) is 1. The normalized spacial score (nSPS) is 25.7. The van der Waals surface area contributed by atoms with E-state index < -0.39 is 9.84 Å². The Morgan fingerprint density at radius 3 is 2.63 bits per heavy atom. The number of fused-ring (bicyclic) bond motifs is 1. The molecule has 204 valence electrons. The van der Waals surface area contributed by atoms with Gasteiger partial charge in [-0.3, -0.25) is 0 Å². The maximum Gasteiger partial charge on any atom is 0.256 e. The first-order valence-corrected chi connectivity index (χ1v) is 16.0. The first-order valence-electron chi connectivity index (χ1n) is 13.3. The van der Waals surface area contributed by atoms with Crippen molar-refractivity contribution in [2.45, 2.75) is 49.9 Å². The number of rotatable bonds is 7. The lowest BCUT2D eigenvalue weighted by atomic mass is 9.79. The molecule has 38 heavy (non-hydrogen) atoms. The number of halogens is 2. The molecule has 0 spiro atoms. The molecular weight excluding hydrogens is 545 g/mol. The molecule has 3 aromatic rings. The fraction of sp³-hybridized carbons (Fsp3) is 0.577. The zero-order valence-electron chi connectivity index (χ0n) is 21.6. The van der Waals surface area contributed by atoms with Crippen molar-refractivity contribution in [3.05, 3.63) is 46.2 Å². The highest BCUT2D eigenvalue weighted by molar-refractivity contribution is 7.91. The van der Waals surface area contributed by atoms with Crippen molar-refractivity contribution >= 4 is 50.5 Å². The minimum absolute atomic E-state index is 0.0754. The highest BCUT2D eigenvalue weighted by atomic mass is 35.5. The van der Waals surface area contributed by atoms with E-state index in [9.17, 15) is 8.42 Å². The average molecular weight is 579 g/mol. The van der Waals surface area contributed by atoms with Gasteiger partial charge in [-0.05, 0) is 68.7 Å². The Morgan fingerprint density at radius 1 is 1.11 bits per heavy atom. The van der Waals surface area contributed by atoms with E-state index in [0.717, 1.165) is 56.2 Å². The predicted octanol–water partition coefficient (Wildman–Crippen LogP) is 4.33. The summed E-state index contributed by atoms with van der Waals surface area (Å²) in [6.07, 6.45) is 6.89. The molecule has 1 N–H and O–H groups in total. The van der Waals surface area contributed by atoms with Crippen LogP contribution in [0.1, 0.15) is 44.2 Å². The maximum atomic E-state index is 11.8. The van der Waals surface area contributed by atoms with Crippen molar-refractivity contribution < 1.29 is 8.42 Å². The number of anilines is 2. The van der Waals surface area contributed by atoms with Gasteiger partial charge in [0.25, 0.3) is 5.78 Å². The number of hydrogen-bond donors (Lipinski definition) is 1. The van der Waals surface area contributed by atoms with E-state index in [0.29, 0.717) is 33.7 Å². The van der Waals surface area contributed by atoms with Crippen LogP contribution in [0, 0.1) is 11.8 Å². The van der Waals surface area contributed by atoms with Crippen LogP contribution < -0.4 is 10.2 Å². The highest BCUT2D eigenvalue weighted by Gasteiger charge is 2.43. The summed E-state index contributed by atoms with van der Waals surface area (Å²) >= 11 is 12.5. The molecule has 2 atom stereocenters. The van der Waals surface area contributed by atoms with Crippen LogP contribution in [0.4, 0.5) is 11.6 Å². The van der Waals surface area contributed by atoms with Crippen molar-refractivity contribution in [1.82, 2.24) is 24.5 Å². The summed E-state index contributed by atoms with van der Waals surface area (Å²) in [5, 5.41) is 8.96. The van der Waals surface area contributed by atoms with Gasteiger partial charge in [-0.1, -0.05) is 29.3 Å². The van der Waals surface area contributed by atoms with E-state index in [4.69, 9.17) is 28.2 Å². The van der Waals surface area contributed by atoms with E-state index in [1.807, 2.05) is 25.1 Å². The van der Waals surface area contributed by atoms with Crippen molar-refractivity contribution in [2.24, 2.45) is 11.8 Å². The van der Waals surface area contributed by atoms with Crippen LogP contribution in [0.5, 0.6) is 0 Å². The molecule has 2 unspecified atom stereocenters. The van der Waals surface area contributed by atoms with E-state index >= 15 is 0 Å². The Morgan fingerprint density at radius 2 is 1.89 bits per heavy atom. The molecule has 9 nitrogen and oxygen atoms in total. The largest absolute Gasteiger partial charge is 0.363 e. The summed E-state index contributed by atoms with van der Waals surface area (Å²) in [5.41, 5.74) is 0.947. The number of likely N-dealkylation sites (tertiary alicyclic amines) is 1. The summed E-state index contributed by atoms with van der Waals surface area (Å²) in [5.74, 6) is 3.50. The number of piperidine rings is 1. The molecule has 3 fully saturated rings. The van der Waals surface area contributed by atoms with Gasteiger partial charge in [0.1, 0.15) is 27.8 Å². The van der Waals surface area contributed by atoms with Crippen molar-refractivity contribution in [1.29, 1.82) is 0 Å². The molecule has 3 aliphatic rings. The second kappa shape index (κ2) is 10.1. The Bertz CT molecular complexity index is 1440. The fourth-order valence-electron chi connectivity index (χ4n) is 6.16. The Kier molecular flexibility index (Phi) is 6.95. The molecule has 1 aromatic carbocycles. The molecule has 2 aromatic heterocycles. The fourth-order valence-corrected chi connectivity index (χ4v) is 7.87. The van der Waals surface area contributed by atoms with Gasteiger partial charge in [0.15, 0.2) is 0 Å². The lowest BCUT2D eigenvalue weighted by Gasteiger charge is -2.50. The van der Waals surface area contributed by atoms with Crippen LogP contribution in [-0.4, -0.2) is 76.6 Å². The molecule has 0 amide bonds. The first kappa shape index (κ1) is 26.1. The van der Waals surface area contributed by atoms with Crippen molar-refractivity contribution in [2.75, 3.05) is 42.7 Å². The van der Waals surface area contributed by atoms with Gasteiger partial charge < -0.3 is 15.1 Å². The summed E-state index contributed by atoms with van der Waals surface area (Å²) < 4.78 is 25.4. The summed E-state index contributed by atoms with van der Waals surface area (Å²) in [6, 6.07) is 7.91. The quantitative estimate of drug-likeness (QED) is 0.443. The number of hydrogen-bond acceptors (Lipinski definition) is 8. The predicted molar refractivity (Wildman–Crippen MR) is 151 cm³/mol. The van der Waals surface area contributed by atoms with E-state index in [1.165, 1.54) is 25.4 Å². The maximum absolute atomic E-state index is 11.8. The van der Waals surface area contributed by atoms with Crippen molar-refractivity contribution in [3.63, 3.8) is 0 Å². The van der Waals surface area contributed by atoms with Gasteiger partial charge in [-0.2, -0.15) is 19.6 Å². The third-order valence-electron chi connectivity index (χ3n) is 8.61. The number of nitrogens with zero attached hydrogens (tertiary/aromatic N) is 6. The molecule has 1 saturated carbocycles. The van der Waals surface area contributed by atoms with Crippen LogP contribution in [-0.2, 0) is 9.84 Å². The topological polar surface area (TPSA) is 95.7 Å². The van der Waals surface area contributed by atoms with Gasteiger partial charge in [0.2, 0.25) is 0 Å². The Balaban J connectivity index is 1.11. The SMILES string of the molecule is CC(Nc1cc(N2CC(C3CCCN(C4CC(S(C)(=O)=O)C4)C3)C2)nc2ncnn12)c1ccc(Cl)cc1Cl. The molecule has 0 bridgehead atoms. The third-order valence-corrected chi connectivity index (χ3v) is 10.8. The van der Waals surface area contributed by atoms with Gasteiger partial charge >= 0.3 is 0 Å². The smallest absolute Gasteiger partial charge is 0.256 e. The molecular formula is C26H33Cl2N7O2S. The molecule has 2 saturated heterocycles. The third kappa shape index (κ3) is 5.08. The summed E-state index contributed by atoms with van der Waals surface area (Å²) in [7, 11) is -2.91. The molecule has 6 rings (SSSR count). The van der Waals surface area contributed by atoms with Gasteiger partial charge in [-0.25, -0.2) is 8.42 Å². The first-order chi connectivity index (χ1) is 18.2. The standard InChI is InChI=1S/C26H33Cl2N7O2S/c1-16(22-6-5-19(27)8-23(22)28)31-25-11-24(32-26-29-15-30-35(25)26)34-13-18(14-34)17-4-3-7-33(12-17)20-9-21(10-20)38(2,36)37/h5-6,8,11,15-18,20-21,31H,3-4,7,9-10,12-14H2,1-2H3. The summed E-state index contributed by atoms with van der Waals surface area (Å²) in [4.78, 5) is 14.0. The lowest BCUT2D eigenvalue weighted by Crippen LogP contribution is -2.57.